The summed E-state index contributed by atoms with van der Waals surface area (Å²) in [5, 5.41) is 0. The maximum absolute atomic E-state index is 11.9. The van der Waals surface area contributed by atoms with Gasteiger partial charge < -0.3 is 4.42 Å². The SMILES string of the molecule is O=C(c1ccoc1)c1cc(Br)cc(Br)c1. The van der Waals surface area contributed by atoms with E-state index in [1.165, 1.54) is 12.5 Å². The van der Waals surface area contributed by atoms with Crippen molar-refractivity contribution in [2.45, 2.75) is 0 Å². The Morgan fingerprint density at radius 2 is 1.73 bits per heavy atom. The van der Waals surface area contributed by atoms with Gasteiger partial charge in [0.15, 0.2) is 5.78 Å². The fourth-order valence-electron chi connectivity index (χ4n) is 1.25. The van der Waals surface area contributed by atoms with Gasteiger partial charge in [-0.25, -0.2) is 0 Å². The van der Waals surface area contributed by atoms with Crippen molar-refractivity contribution in [3.05, 3.63) is 56.9 Å². The molecule has 1 aromatic carbocycles. The zero-order valence-electron chi connectivity index (χ0n) is 7.54. The average molecular weight is 330 g/mol. The molecule has 0 atom stereocenters. The first kappa shape index (κ1) is 10.6. The highest BCUT2D eigenvalue weighted by Gasteiger charge is 2.11. The van der Waals surface area contributed by atoms with Crippen LogP contribution in [0.1, 0.15) is 15.9 Å². The van der Waals surface area contributed by atoms with E-state index in [4.69, 9.17) is 4.42 Å². The number of carbonyl (C=O) groups is 1. The molecule has 15 heavy (non-hydrogen) atoms. The van der Waals surface area contributed by atoms with E-state index in [0.29, 0.717) is 11.1 Å². The van der Waals surface area contributed by atoms with Gasteiger partial charge in [-0.1, -0.05) is 31.9 Å². The summed E-state index contributed by atoms with van der Waals surface area (Å²) in [5.74, 6) is -0.0502. The maximum Gasteiger partial charge on any atom is 0.196 e. The van der Waals surface area contributed by atoms with E-state index in [1.807, 2.05) is 6.07 Å². The molecule has 0 aliphatic heterocycles. The number of carbonyl (C=O) groups excluding carboxylic acids is 1. The average Bonchev–Trinajstić information content (AvgIpc) is 2.67. The molecule has 1 heterocycles. The van der Waals surface area contributed by atoms with Gasteiger partial charge in [0, 0.05) is 14.5 Å². The molecule has 2 aromatic rings. The molecule has 0 aliphatic carbocycles. The highest BCUT2D eigenvalue weighted by Crippen LogP contribution is 2.22. The minimum absolute atomic E-state index is 0.0502. The van der Waals surface area contributed by atoms with E-state index < -0.39 is 0 Å². The molecular formula is C11H6Br2O2. The highest BCUT2D eigenvalue weighted by molar-refractivity contribution is 9.11. The number of benzene rings is 1. The Kier molecular flexibility index (Phi) is 3.07. The van der Waals surface area contributed by atoms with E-state index in [2.05, 4.69) is 31.9 Å². The topological polar surface area (TPSA) is 30.2 Å². The molecule has 76 valence electrons. The van der Waals surface area contributed by atoms with Gasteiger partial charge in [-0.05, 0) is 24.3 Å². The fraction of sp³-hybridized carbons (Fsp3) is 0. The molecular weight excluding hydrogens is 324 g/mol. The molecule has 0 unspecified atom stereocenters. The minimum atomic E-state index is -0.0502. The summed E-state index contributed by atoms with van der Waals surface area (Å²) in [7, 11) is 0. The van der Waals surface area contributed by atoms with Crippen LogP contribution in [0.4, 0.5) is 0 Å². The van der Waals surface area contributed by atoms with Crippen molar-refractivity contribution in [1.29, 1.82) is 0 Å². The molecule has 1 aromatic heterocycles. The molecule has 0 spiro atoms. The van der Waals surface area contributed by atoms with Crippen LogP contribution in [0.15, 0.2) is 50.2 Å². The molecule has 2 rings (SSSR count). The second-order valence-corrected chi connectivity index (χ2v) is 4.83. The predicted molar refractivity (Wildman–Crippen MR) is 64.0 cm³/mol. The Hall–Kier alpha value is -0.870. The Balaban J connectivity index is 2.42. The number of halogens is 2. The summed E-state index contributed by atoms with van der Waals surface area (Å²) in [5.41, 5.74) is 1.18. The van der Waals surface area contributed by atoms with Crippen LogP contribution in [0.5, 0.6) is 0 Å². The van der Waals surface area contributed by atoms with E-state index in [1.54, 1.807) is 18.2 Å². The van der Waals surface area contributed by atoms with Crippen molar-refractivity contribution < 1.29 is 9.21 Å². The predicted octanol–water partition coefficient (Wildman–Crippen LogP) is 4.04. The van der Waals surface area contributed by atoms with Crippen molar-refractivity contribution in [2.24, 2.45) is 0 Å². The quantitative estimate of drug-likeness (QED) is 0.778. The number of ketones is 1. The molecule has 0 amide bonds. The van der Waals surface area contributed by atoms with E-state index in [-0.39, 0.29) is 5.78 Å². The van der Waals surface area contributed by atoms with Crippen LogP contribution in [-0.4, -0.2) is 5.78 Å². The Morgan fingerprint density at radius 1 is 1.07 bits per heavy atom. The molecule has 0 N–H and O–H groups in total. The van der Waals surface area contributed by atoms with Crippen LogP contribution in [-0.2, 0) is 0 Å². The number of hydrogen-bond acceptors (Lipinski definition) is 2. The summed E-state index contributed by atoms with van der Waals surface area (Å²) < 4.78 is 6.60. The maximum atomic E-state index is 11.9. The zero-order valence-corrected chi connectivity index (χ0v) is 10.7. The van der Waals surface area contributed by atoms with Crippen LogP contribution < -0.4 is 0 Å². The molecule has 0 radical (unpaired) electrons. The van der Waals surface area contributed by atoms with Crippen LogP contribution in [0.3, 0.4) is 0 Å². The second-order valence-electron chi connectivity index (χ2n) is 3.00. The van der Waals surface area contributed by atoms with Crippen molar-refractivity contribution in [1.82, 2.24) is 0 Å². The lowest BCUT2D eigenvalue weighted by Crippen LogP contribution is -1.99. The zero-order chi connectivity index (χ0) is 10.8. The monoisotopic (exact) mass is 328 g/mol. The van der Waals surface area contributed by atoms with Crippen molar-refractivity contribution in [3.8, 4) is 0 Å². The summed E-state index contributed by atoms with van der Waals surface area (Å²) in [6, 6.07) is 7.09. The lowest BCUT2D eigenvalue weighted by atomic mass is 10.1. The summed E-state index contributed by atoms with van der Waals surface area (Å²) in [6.45, 7) is 0. The lowest BCUT2D eigenvalue weighted by Gasteiger charge is -2.00. The number of rotatable bonds is 2. The van der Waals surface area contributed by atoms with Crippen LogP contribution in [0, 0.1) is 0 Å². The normalized spacial score (nSPS) is 10.3. The number of hydrogen-bond donors (Lipinski definition) is 0. The molecule has 4 heteroatoms. The Bertz CT molecular complexity index is 469. The van der Waals surface area contributed by atoms with Gasteiger partial charge in [0.1, 0.15) is 6.26 Å². The minimum Gasteiger partial charge on any atom is -0.472 e. The van der Waals surface area contributed by atoms with Crippen LogP contribution in [0.25, 0.3) is 0 Å². The Labute approximate surface area is 104 Å². The van der Waals surface area contributed by atoms with Gasteiger partial charge in [0.25, 0.3) is 0 Å². The van der Waals surface area contributed by atoms with Crippen molar-refractivity contribution in [2.75, 3.05) is 0 Å². The summed E-state index contributed by atoms with van der Waals surface area (Å²) in [4.78, 5) is 11.9. The van der Waals surface area contributed by atoms with E-state index in [9.17, 15) is 4.79 Å². The first-order valence-electron chi connectivity index (χ1n) is 4.20. The largest absolute Gasteiger partial charge is 0.472 e. The molecule has 0 aliphatic rings. The molecule has 0 bridgehead atoms. The third-order valence-electron chi connectivity index (χ3n) is 1.91. The second kappa shape index (κ2) is 4.33. The van der Waals surface area contributed by atoms with Crippen LogP contribution in [0.2, 0.25) is 0 Å². The third kappa shape index (κ3) is 2.38. The first-order valence-corrected chi connectivity index (χ1v) is 5.78. The first-order chi connectivity index (χ1) is 7.16. The van der Waals surface area contributed by atoms with E-state index in [0.717, 1.165) is 8.95 Å². The number of furan rings is 1. The van der Waals surface area contributed by atoms with Gasteiger partial charge in [-0.15, -0.1) is 0 Å². The summed E-state index contributed by atoms with van der Waals surface area (Å²) in [6.07, 6.45) is 2.93. The van der Waals surface area contributed by atoms with Crippen LogP contribution >= 0.6 is 31.9 Å². The molecule has 0 saturated carbocycles. The smallest absolute Gasteiger partial charge is 0.196 e. The van der Waals surface area contributed by atoms with E-state index >= 15 is 0 Å². The van der Waals surface area contributed by atoms with Gasteiger partial charge in [-0.2, -0.15) is 0 Å². The van der Waals surface area contributed by atoms with Crippen molar-refractivity contribution >= 4 is 37.6 Å². The highest BCUT2D eigenvalue weighted by atomic mass is 79.9. The molecule has 0 saturated heterocycles. The lowest BCUT2D eigenvalue weighted by molar-refractivity contribution is 0.103. The van der Waals surface area contributed by atoms with Gasteiger partial charge >= 0.3 is 0 Å². The van der Waals surface area contributed by atoms with Gasteiger partial charge in [-0.3, -0.25) is 4.79 Å². The fourth-order valence-corrected chi connectivity index (χ4v) is 2.54. The standard InChI is InChI=1S/C11H6Br2O2/c12-9-3-8(4-10(13)5-9)11(14)7-1-2-15-6-7/h1-6H. The van der Waals surface area contributed by atoms with Crippen molar-refractivity contribution in [3.63, 3.8) is 0 Å². The molecule has 0 fully saturated rings. The third-order valence-corrected chi connectivity index (χ3v) is 2.82. The molecule has 2 nitrogen and oxygen atoms in total. The van der Waals surface area contributed by atoms with Gasteiger partial charge in [0.05, 0.1) is 11.8 Å². The van der Waals surface area contributed by atoms with Gasteiger partial charge in [0.2, 0.25) is 0 Å². The Morgan fingerprint density at radius 3 is 2.27 bits per heavy atom. The summed E-state index contributed by atoms with van der Waals surface area (Å²) >= 11 is 6.68.